The number of likely N-dealkylation sites (N-methyl/N-ethyl adjacent to an activating group) is 1. The van der Waals surface area contributed by atoms with E-state index in [4.69, 9.17) is 0 Å². The summed E-state index contributed by atoms with van der Waals surface area (Å²) in [6.07, 6.45) is 5.68. The number of carbonyl (C=O) groups excluding carboxylic acids is 2. The van der Waals surface area contributed by atoms with Crippen LogP contribution in [0.25, 0.3) is 0 Å². The van der Waals surface area contributed by atoms with Crippen molar-refractivity contribution in [3.8, 4) is 0 Å². The van der Waals surface area contributed by atoms with Crippen molar-refractivity contribution in [2.75, 3.05) is 11.9 Å². The van der Waals surface area contributed by atoms with Gasteiger partial charge in [0, 0.05) is 12.7 Å². The first kappa shape index (κ1) is 13.1. The lowest BCUT2D eigenvalue weighted by atomic mass is 9.86. The van der Waals surface area contributed by atoms with Crippen molar-refractivity contribution in [3.63, 3.8) is 0 Å². The normalized spacial score (nSPS) is 23.6. The van der Waals surface area contributed by atoms with Crippen LogP contribution in [-0.4, -0.2) is 19.0 Å². The highest BCUT2D eigenvalue weighted by Crippen LogP contribution is 2.45. The summed E-state index contributed by atoms with van der Waals surface area (Å²) in [6, 6.07) is 6.05. The lowest BCUT2D eigenvalue weighted by molar-refractivity contribution is -0.118. The van der Waals surface area contributed by atoms with E-state index in [9.17, 15) is 9.59 Å². The Labute approximate surface area is 118 Å². The standard InChI is InChI=1S/C16H18N2O2/c1-11-13-9-12(5-6-14(13)18(2)15(11)20)16(17-10-19)7-3-4-8-16/h5-6,9,11H,3-4,7-8H2,1-2H3. The number of carbonyl (C=O) groups is 1. The van der Waals surface area contributed by atoms with Crippen LogP contribution in [0.15, 0.2) is 23.2 Å². The zero-order valence-corrected chi connectivity index (χ0v) is 11.8. The number of anilines is 1. The van der Waals surface area contributed by atoms with E-state index >= 15 is 0 Å². The Bertz CT molecular complexity index is 611. The molecule has 20 heavy (non-hydrogen) atoms. The molecule has 1 unspecified atom stereocenters. The fourth-order valence-electron chi connectivity index (χ4n) is 3.55. The zero-order valence-electron chi connectivity index (χ0n) is 11.8. The van der Waals surface area contributed by atoms with E-state index in [1.165, 1.54) is 0 Å². The van der Waals surface area contributed by atoms with Gasteiger partial charge in [0.15, 0.2) is 0 Å². The lowest BCUT2D eigenvalue weighted by Crippen LogP contribution is -2.22. The largest absolute Gasteiger partial charge is 0.315 e. The van der Waals surface area contributed by atoms with Crippen LogP contribution >= 0.6 is 0 Å². The molecule has 0 spiro atoms. The molecule has 104 valence electrons. The molecule has 0 radical (unpaired) electrons. The Morgan fingerprint density at radius 3 is 2.70 bits per heavy atom. The molecule has 0 saturated heterocycles. The van der Waals surface area contributed by atoms with E-state index in [0.29, 0.717) is 0 Å². The summed E-state index contributed by atoms with van der Waals surface area (Å²) in [4.78, 5) is 28.6. The number of amides is 1. The fourth-order valence-corrected chi connectivity index (χ4v) is 3.55. The van der Waals surface area contributed by atoms with Gasteiger partial charge in [-0.25, -0.2) is 4.79 Å². The molecule has 4 heteroatoms. The van der Waals surface area contributed by atoms with E-state index in [-0.39, 0.29) is 11.8 Å². The summed E-state index contributed by atoms with van der Waals surface area (Å²) in [5.74, 6) is 0.00474. The SMILES string of the molecule is CC1C(=O)N(C)c2ccc(C3(N=C=O)CCCC3)cc21. The summed E-state index contributed by atoms with van der Waals surface area (Å²) < 4.78 is 0. The number of isocyanates is 1. The average Bonchev–Trinajstić information content (AvgIpc) is 3.01. The van der Waals surface area contributed by atoms with E-state index in [0.717, 1.165) is 42.5 Å². The number of nitrogens with zero attached hydrogens (tertiary/aromatic N) is 2. The summed E-state index contributed by atoms with van der Waals surface area (Å²) in [5, 5.41) is 0. The van der Waals surface area contributed by atoms with Crippen LogP contribution in [0.5, 0.6) is 0 Å². The summed E-state index contributed by atoms with van der Waals surface area (Å²) in [5.41, 5.74) is 2.64. The second kappa shape index (κ2) is 4.57. The minimum atomic E-state index is -0.416. The van der Waals surface area contributed by atoms with Crippen molar-refractivity contribution in [2.24, 2.45) is 4.99 Å². The number of benzene rings is 1. The molecule has 0 bridgehead atoms. The van der Waals surface area contributed by atoms with Gasteiger partial charge in [-0.2, -0.15) is 4.99 Å². The van der Waals surface area contributed by atoms with Crippen LogP contribution < -0.4 is 4.90 Å². The van der Waals surface area contributed by atoms with Crippen LogP contribution in [0.4, 0.5) is 5.69 Å². The van der Waals surface area contributed by atoms with Crippen LogP contribution in [0.2, 0.25) is 0 Å². The van der Waals surface area contributed by atoms with Gasteiger partial charge >= 0.3 is 0 Å². The van der Waals surface area contributed by atoms with Crippen molar-refractivity contribution in [1.82, 2.24) is 0 Å². The number of hydrogen-bond donors (Lipinski definition) is 0. The molecule has 2 aliphatic rings. The van der Waals surface area contributed by atoms with Gasteiger partial charge in [-0.1, -0.05) is 25.0 Å². The van der Waals surface area contributed by atoms with Gasteiger partial charge in [-0.05, 0) is 37.0 Å². The molecule has 1 atom stereocenters. The van der Waals surface area contributed by atoms with Gasteiger partial charge in [0.2, 0.25) is 12.0 Å². The summed E-state index contributed by atoms with van der Waals surface area (Å²) >= 11 is 0. The Morgan fingerprint density at radius 1 is 1.35 bits per heavy atom. The molecule has 0 N–H and O–H groups in total. The smallest absolute Gasteiger partial charge is 0.235 e. The molecule has 1 saturated carbocycles. The maximum absolute atomic E-state index is 12.0. The molecule has 1 amide bonds. The van der Waals surface area contributed by atoms with Crippen molar-refractivity contribution < 1.29 is 9.59 Å². The van der Waals surface area contributed by atoms with Crippen molar-refractivity contribution >= 4 is 17.7 Å². The van der Waals surface area contributed by atoms with Gasteiger partial charge in [0.25, 0.3) is 0 Å². The molecule has 1 fully saturated rings. The molecule has 0 aromatic heterocycles. The number of aliphatic imine (C=N–C) groups is 1. The molecular weight excluding hydrogens is 252 g/mol. The first-order chi connectivity index (χ1) is 9.59. The van der Waals surface area contributed by atoms with Crippen LogP contribution in [0.1, 0.15) is 49.7 Å². The van der Waals surface area contributed by atoms with E-state index in [1.807, 2.05) is 19.1 Å². The van der Waals surface area contributed by atoms with E-state index < -0.39 is 5.54 Å². The topological polar surface area (TPSA) is 49.7 Å². The Morgan fingerprint density at radius 2 is 2.05 bits per heavy atom. The summed E-state index contributed by atoms with van der Waals surface area (Å²) in [6.45, 7) is 1.93. The predicted molar refractivity (Wildman–Crippen MR) is 76.5 cm³/mol. The third-order valence-electron chi connectivity index (χ3n) is 4.78. The number of rotatable bonds is 2. The summed E-state index contributed by atoms with van der Waals surface area (Å²) in [7, 11) is 1.80. The highest BCUT2D eigenvalue weighted by molar-refractivity contribution is 6.04. The van der Waals surface area contributed by atoms with Crippen molar-refractivity contribution in [2.45, 2.75) is 44.1 Å². The Kier molecular flexibility index (Phi) is 2.98. The van der Waals surface area contributed by atoms with Gasteiger partial charge in [0.1, 0.15) is 0 Å². The molecular formula is C16H18N2O2. The second-order valence-electron chi connectivity index (χ2n) is 5.83. The number of hydrogen-bond acceptors (Lipinski definition) is 3. The van der Waals surface area contributed by atoms with Crippen molar-refractivity contribution in [3.05, 3.63) is 29.3 Å². The van der Waals surface area contributed by atoms with E-state index in [2.05, 4.69) is 11.1 Å². The molecule has 1 aromatic carbocycles. The Hall–Kier alpha value is -1.93. The first-order valence-electron chi connectivity index (χ1n) is 7.10. The van der Waals surface area contributed by atoms with Crippen LogP contribution in [0, 0.1) is 0 Å². The van der Waals surface area contributed by atoms with Gasteiger partial charge in [-0.3, -0.25) is 4.79 Å². The maximum Gasteiger partial charge on any atom is 0.235 e. The van der Waals surface area contributed by atoms with Crippen molar-refractivity contribution in [1.29, 1.82) is 0 Å². The molecule has 4 nitrogen and oxygen atoms in total. The van der Waals surface area contributed by atoms with Crippen LogP contribution in [0.3, 0.4) is 0 Å². The molecule has 1 aliphatic heterocycles. The van der Waals surface area contributed by atoms with Gasteiger partial charge < -0.3 is 4.90 Å². The molecule has 3 rings (SSSR count). The highest BCUT2D eigenvalue weighted by Gasteiger charge is 2.38. The minimum absolute atomic E-state index is 0.117. The zero-order chi connectivity index (χ0) is 14.3. The molecule has 1 heterocycles. The van der Waals surface area contributed by atoms with Gasteiger partial charge in [-0.15, -0.1) is 0 Å². The minimum Gasteiger partial charge on any atom is -0.315 e. The second-order valence-corrected chi connectivity index (χ2v) is 5.83. The van der Waals surface area contributed by atoms with Crippen LogP contribution in [-0.2, 0) is 15.1 Å². The first-order valence-corrected chi connectivity index (χ1v) is 7.10. The number of fused-ring (bicyclic) bond motifs is 1. The third kappa shape index (κ3) is 1.72. The average molecular weight is 270 g/mol. The maximum atomic E-state index is 12.0. The Balaban J connectivity index is 2.10. The molecule has 1 aliphatic carbocycles. The monoisotopic (exact) mass is 270 g/mol. The van der Waals surface area contributed by atoms with E-state index in [1.54, 1.807) is 18.0 Å². The fraction of sp³-hybridized carbons (Fsp3) is 0.500. The highest BCUT2D eigenvalue weighted by atomic mass is 16.2. The lowest BCUT2D eigenvalue weighted by Gasteiger charge is -2.24. The quantitative estimate of drug-likeness (QED) is 0.613. The molecule has 1 aromatic rings. The third-order valence-corrected chi connectivity index (χ3v) is 4.78. The predicted octanol–water partition coefficient (Wildman–Crippen LogP) is 2.87. The van der Waals surface area contributed by atoms with Gasteiger partial charge in [0.05, 0.1) is 11.5 Å².